The molecule has 2 aliphatic rings. The second kappa shape index (κ2) is 8.93. The van der Waals surface area contributed by atoms with Crippen LogP contribution in [0.25, 0.3) is 0 Å². The Morgan fingerprint density at radius 2 is 1.97 bits per heavy atom. The highest BCUT2D eigenvalue weighted by Crippen LogP contribution is 2.37. The van der Waals surface area contributed by atoms with E-state index >= 15 is 0 Å². The molecule has 2 N–H and O–H groups in total. The topological polar surface area (TPSA) is 102 Å². The summed E-state index contributed by atoms with van der Waals surface area (Å²) < 4.78 is 0. The van der Waals surface area contributed by atoms with Crippen molar-refractivity contribution >= 4 is 45.8 Å². The molecule has 0 spiro atoms. The molecule has 0 unspecified atom stereocenters. The summed E-state index contributed by atoms with van der Waals surface area (Å²) in [6, 6.07) is 8.32. The summed E-state index contributed by atoms with van der Waals surface area (Å²) in [7, 11) is 0. The molecule has 9 heteroatoms. The van der Waals surface area contributed by atoms with Crippen LogP contribution in [0.1, 0.15) is 54.2 Å². The van der Waals surface area contributed by atoms with E-state index in [1.54, 1.807) is 31.2 Å². The van der Waals surface area contributed by atoms with Crippen LogP contribution in [0.2, 0.25) is 5.02 Å². The Balaban J connectivity index is 1.53. The minimum absolute atomic E-state index is 0.327. The molecule has 1 fully saturated rings. The monoisotopic (exact) mass is 470 g/mol. The Morgan fingerprint density at radius 3 is 2.66 bits per heavy atom. The van der Waals surface area contributed by atoms with Gasteiger partial charge in [-0.15, -0.1) is 11.3 Å². The number of hydrogen-bond acceptors (Lipinski definition) is 5. The molecule has 1 aliphatic heterocycles. The van der Waals surface area contributed by atoms with Crippen molar-refractivity contribution in [1.29, 1.82) is 5.26 Å². The molecule has 4 amide bonds. The molecular formula is C23H23ClN4O3S. The van der Waals surface area contributed by atoms with Crippen molar-refractivity contribution < 1.29 is 14.4 Å². The number of hydrogen-bond donors (Lipinski definition) is 2. The Morgan fingerprint density at radius 1 is 1.25 bits per heavy atom. The maximum atomic E-state index is 13.2. The lowest BCUT2D eigenvalue weighted by Crippen LogP contribution is -2.44. The van der Waals surface area contributed by atoms with Gasteiger partial charge in [0.05, 0.1) is 5.56 Å². The van der Waals surface area contributed by atoms with Gasteiger partial charge in [0, 0.05) is 9.90 Å². The predicted molar refractivity (Wildman–Crippen MR) is 123 cm³/mol. The molecule has 0 bridgehead atoms. The SMILES string of the molecule is CC[C@]1(c2ccc(Cl)cc2)NC(=O)N(CC(=O)Nc2sc3c(c2C#N)CCCCC3)C1=O. The molecule has 1 aromatic heterocycles. The average molecular weight is 471 g/mol. The maximum absolute atomic E-state index is 13.2. The molecule has 0 saturated carbocycles. The first kappa shape index (κ1) is 22.3. The van der Waals surface area contributed by atoms with E-state index in [0.717, 1.165) is 47.4 Å². The molecule has 1 saturated heterocycles. The minimum atomic E-state index is -1.24. The summed E-state index contributed by atoms with van der Waals surface area (Å²) in [5.74, 6) is -0.991. The number of fused-ring (bicyclic) bond motifs is 1. The van der Waals surface area contributed by atoms with E-state index in [1.807, 2.05) is 0 Å². The zero-order valence-corrected chi connectivity index (χ0v) is 19.2. The van der Waals surface area contributed by atoms with E-state index in [2.05, 4.69) is 16.7 Å². The van der Waals surface area contributed by atoms with Gasteiger partial charge in [-0.1, -0.05) is 37.1 Å². The molecule has 1 aromatic carbocycles. The third kappa shape index (κ3) is 3.87. The van der Waals surface area contributed by atoms with Gasteiger partial charge in [0.1, 0.15) is 23.2 Å². The zero-order valence-electron chi connectivity index (χ0n) is 17.7. The van der Waals surface area contributed by atoms with E-state index < -0.39 is 29.9 Å². The first-order chi connectivity index (χ1) is 15.4. The number of benzene rings is 1. The van der Waals surface area contributed by atoms with Gasteiger partial charge in [-0.25, -0.2) is 4.79 Å². The number of rotatable bonds is 5. The molecule has 32 heavy (non-hydrogen) atoms. The normalized spacial score (nSPS) is 20.3. The number of carbonyl (C=O) groups excluding carboxylic acids is 3. The summed E-state index contributed by atoms with van der Waals surface area (Å²) in [6.45, 7) is 1.38. The number of nitrogens with one attached hydrogen (secondary N) is 2. The number of halogens is 1. The van der Waals surface area contributed by atoms with Gasteiger partial charge < -0.3 is 10.6 Å². The number of amides is 4. The van der Waals surface area contributed by atoms with Gasteiger partial charge in [-0.3, -0.25) is 14.5 Å². The quantitative estimate of drug-likeness (QED) is 0.501. The number of aryl methyl sites for hydroxylation is 1. The fourth-order valence-corrected chi connectivity index (χ4v) is 5.78. The lowest BCUT2D eigenvalue weighted by molar-refractivity contribution is -0.134. The number of imide groups is 1. The fraction of sp³-hybridized carbons (Fsp3) is 0.391. The molecule has 1 aliphatic carbocycles. The van der Waals surface area contributed by atoms with Gasteiger partial charge in [-0.2, -0.15) is 5.26 Å². The standard InChI is InChI=1S/C23H23ClN4O3S/c1-2-23(14-8-10-15(24)11-9-14)21(30)28(22(31)27-23)13-19(29)26-20-17(12-25)16-6-4-3-5-7-18(16)32-20/h8-11H,2-7,13H2,1H3,(H,26,29)(H,27,31)/t23-/m1/s1. The summed E-state index contributed by atoms with van der Waals surface area (Å²) in [5.41, 5.74) is 0.897. The van der Waals surface area contributed by atoms with E-state index in [-0.39, 0.29) is 0 Å². The van der Waals surface area contributed by atoms with E-state index in [1.165, 1.54) is 11.3 Å². The highest BCUT2D eigenvalue weighted by molar-refractivity contribution is 7.16. The molecule has 0 radical (unpaired) electrons. The van der Waals surface area contributed by atoms with Crippen LogP contribution in [-0.4, -0.2) is 29.3 Å². The van der Waals surface area contributed by atoms with Crippen molar-refractivity contribution in [2.45, 2.75) is 51.0 Å². The molecule has 7 nitrogen and oxygen atoms in total. The van der Waals surface area contributed by atoms with Gasteiger partial charge in [0.25, 0.3) is 5.91 Å². The molecule has 4 rings (SSSR count). The molecule has 2 aromatic rings. The summed E-state index contributed by atoms with van der Waals surface area (Å²) in [6.07, 6.45) is 5.28. The van der Waals surface area contributed by atoms with Gasteiger partial charge in [0.15, 0.2) is 0 Å². The third-order valence-corrected chi connectivity index (χ3v) is 7.59. The number of anilines is 1. The van der Waals surface area contributed by atoms with Crippen LogP contribution >= 0.6 is 22.9 Å². The second-order valence-electron chi connectivity index (χ2n) is 8.02. The van der Waals surface area contributed by atoms with Crippen molar-refractivity contribution in [3.63, 3.8) is 0 Å². The van der Waals surface area contributed by atoms with E-state index in [0.29, 0.717) is 27.6 Å². The third-order valence-electron chi connectivity index (χ3n) is 6.13. The van der Waals surface area contributed by atoms with Crippen molar-refractivity contribution in [2.24, 2.45) is 0 Å². The van der Waals surface area contributed by atoms with Crippen molar-refractivity contribution in [2.75, 3.05) is 11.9 Å². The number of thiophene rings is 1. The van der Waals surface area contributed by atoms with E-state index in [4.69, 9.17) is 11.6 Å². The number of carbonyl (C=O) groups is 3. The molecule has 1 atom stereocenters. The minimum Gasteiger partial charge on any atom is -0.319 e. The number of urea groups is 1. The Bertz CT molecular complexity index is 1120. The highest BCUT2D eigenvalue weighted by Gasteiger charge is 2.51. The summed E-state index contributed by atoms with van der Waals surface area (Å²) in [4.78, 5) is 40.7. The Labute approximate surface area is 195 Å². The van der Waals surface area contributed by atoms with Crippen LogP contribution in [0.15, 0.2) is 24.3 Å². The molecular weight excluding hydrogens is 448 g/mol. The maximum Gasteiger partial charge on any atom is 0.325 e. The summed E-state index contributed by atoms with van der Waals surface area (Å²) >= 11 is 7.38. The molecule has 2 heterocycles. The second-order valence-corrected chi connectivity index (χ2v) is 9.56. The van der Waals surface area contributed by atoms with Gasteiger partial charge in [-0.05, 0) is 55.4 Å². The zero-order chi connectivity index (χ0) is 22.9. The van der Waals surface area contributed by atoms with Crippen molar-refractivity contribution in [3.8, 4) is 6.07 Å². The average Bonchev–Trinajstić information content (AvgIpc) is 3.10. The van der Waals surface area contributed by atoms with E-state index in [9.17, 15) is 19.6 Å². The number of nitriles is 1. The lowest BCUT2D eigenvalue weighted by atomic mass is 9.87. The van der Waals surface area contributed by atoms with Crippen LogP contribution in [0.3, 0.4) is 0 Å². The molecule has 166 valence electrons. The van der Waals surface area contributed by atoms with Crippen LogP contribution in [-0.2, 0) is 28.0 Å². The Kier molecular flexibility index (Phi) is 6.22. The van der Waals surface area contributed by atoms with Crippen LogP contribution < -0.4 is 10.6 Å². The van der Waals surface area contributed by atoms with Crippen LogP contribution in [0.4, 0.5) is 9.80 Å². The largest absolute Gasteiger partial charge is 0.325 e. The first-order valence-electron chi connectivity index (χ1n) is 10.6. The van der Waals surface area contributed by atoms with Crippen molar-refractivity contribution in [3.05, 3.63) is 50.9 Å². The van der Waals surface area contributed by atoms with Crippen molar-refractivity contribution in [1.82, 2.24) is 10.2 Å². The van der Waals surface area contributed by atoms with Crippen LogP contribution in [0, 0.1) is 11.3 Å². The Hall–Kier alpha value is -2.89. The van der Waals surface area contributed by atoms with Gasteiger partial charge in [0.2, 0.25) is 5.91 Å². The predicted octanol–water partition coefficient (Wildman–Crippen LogP) is 4.34. The van der Waals surface area contributed by atoms with Gasteiger partial charge >= 0.3 is 6.03 Å². The summed E-state index contributed by atoms with van der Waals surface area (Å²) in [5, 5.41) is 16.2. The first-order valence-corrected chi connectivity index (χ1v) is 11.8. The fourth-order valence-electron chi connectivity index (χ4n) is 4.40. The number of nitrogens with zero attached hydrogens (tertiary/aromatic N) is 2. The van der Waals surface area contributed by atoms with Crippen LogP contribution in [0.5, 0.6) is 0 Å². The highest BCUT2D eigenvalue weighted by atomic mass is 35.5. The smallest absolute Gasteiger partial charge is 0.319 e. The lowest BCUT2D eigenvalue weighted by Gasteiger charge is -2.25.